The molecule has 1 fully saturated rings. The summed E-state index contributed by atoms with van der Waals surface area (Å²) < 4.78 is 5.08. The molecule has 1 aliphatic heterocycles. The van der Waals surface area contributed by atoms with Crippen molar-refractivity contribution in [3.05, 3.63) is 59.9 Å². The van der Waals surface area contributed by atoms with Crippen LogP contribution < -0.4 is 4.74 Å². The summed E-state index contributed by atoms with van der Waals surface area (Å²) in [6, 6.07) is 10.5. The highest BCUT2D eigenvalue weighted by Crippen LogP contribution is 2.32. The van der Waals surface area contributed by atoms with Crippen LogP contribution >= 0.6 is 0 Å². The number of piperidine rings is 1. The van der Waals surface area contributed by atoms with Gasteiger partial charge in [-0.25, -0.2) is 0 Å². The van der Waals surface area contributed by atoms with Crippen molar-refractivity contribution in [3.8, 4) is 5.75 Å². The molecule has 2 aromatic rings. The molecule has 142 valence electrons. The molecule has 1 aromatic heterocycles. The number of Topliss-reactive ketones (excluding diaryl/α,β-unsaturated/α-hetero) is 1. The first-order chi connectivity index (χ1) is 13.0. The van der Waals surface area contributed by atoms with Gasteiger partial charge in [0.05, 0.1) is 12.7 Å². The lowest BCUT2D eigenvalue weighted by atomic mass is 9.85. The van der Waals surface area contributed by atoms with E-state index in [1.807, 2.05) is 6.07 Å². The molecule has 1 N–H and O–H groups in total. The summed E-state index contributed by atoms with van der Waals surface area (Å²) in [5.41, 5.74) is 0.421. The van der Waals surface area contributed by atoms with E-state index < -0.39 is 5.60 Å². The maximum absolute atomic E-state index is 12.4. The Kier molecular flexibility index (Phi) is 5.86. The number of aromatic nitrogens is 1. The van der Waals surface area contributed by atoms with Crippen molar-refractivity contribution < 1.29 is 19.4 Å². The monoisotopic (exact) mass is 368 g/mol. The number of hydrogen-bond donors (Lipinski definition) is 1. The number of rotatable bonds is 6. The summed E-state index contributed by atoms with van der Waals surface area (Å²) in [4.78, 5) is 30.5. The zero-order valence-corrected chi connectivity index (χ0v) is 15.4. The molecule has 0 bridgehead atoms. The number of nitrogens with zero attached hydrogens (tertiary/aromatic N) is 2. The molecule has 6 heteroatoms. The Morgan fingerprint density at radius 3 is 2.44 bits per heavy atom. The zero-order chi connectivity index (χ0) is 19.3. The van der Waals surface area contributed by atoms with E-state index in [1.54, 1.807) is 54.7 Å². The molecule has 0 unspecified atom stereocenters. The molecule has 1 aliphatic rings. The third-order valence-electron chi connectivity index (χ3n) is 5.12. The molecular formula is C21H24N2O4. The Hall–Kier alpha value is -2.73. The SMILES string of the molecule is COc1ccc(C(=O)CCC(=O)N2CCC(O)(c3cccnc3)CC2)cc1. The van der Waals surface area contributed by atoms with Crippen LogP contribution in [0.2, 0.25) is 0 Å². The standard InChI is InChI=1S/C21H24N2O4/c1-27-18-6-4-16(5-7-18)19(24)8-9-20(25)23-13-10-21(26,11-14-23)17-3-2-12-22-15-17/h2-7,12,15,26H,8-11,13-14H2,1H3. The van der Waals surface area contributed by atoms with Gasteiger partial charge in [-0.3, -0.25) is 14.6 Å². The molecule has 27 heavy (non-hydrogen) atoms. The number of benzene rings is 1. The number of aliphatic hydroxyl groups is 1. The second-order valence-electron chi connectivity index (χ2n) is 6.81. The number of likely N-dealkylation sites (tertiary alicyclic amines) is 1. The summed E-state index contributed by atoms with van der Waals surface area (Å²) >= 11 is 0. The van der Waals surface area contributed by atoms with E-state index in [0.29, 0.717) is 37.2 Å². The van der Waals surface area contributed by atoms with Crippen LogP contribution in [-0.4, -0.2) is 46.9 Å². The van der Waals surface area contributed by atoms with E-state index in [2.05, 4.69) is 4.98 Å². The minimum atomic E-state index is -0.941. The van der Waals surface area contributed by atoms with E-state index in [1.165, 1.54) is 0 Å². The molecular weight excluding hydrogens is 344 g/mol. The van der Waals surface area contributed by atoms with Crippen LogP contribution in [0.1, 0.15) is 41.6 Å². The van der Waals surface area contributed by atoms with E-state index in [4.69, 9.17) is 4.74 Å². The topological polar surface area (TPSA) is 79.7 Å². The summed E-state index contributed by atoms with van der Waals surface area (Å²) in [5.74, 6) is 0.581. The van der Waals surface area contributed by atoms with Crippen molar-refractivity contribution in [3.63, 3.8) is 0 Å². The van der Waals surface area contributed by atoms with E-state index in [0.717, 1.165) is 5.56 Å². The van der Waals surface area contributed by atoms with Gasteiger partial charge in [0.1, 0.15) is 5.75 Å². The fourth-order valence-electron chi connectivity index (χ4n) is 3.35. The Morgan fingerprint density at radius 1 is 1.15 bits per heavy atom. The molecule has 0 aliphatic carbocycles. The molecule has 1 amide bonds. The summed E-state index contributed by atoms with van der Waals surface area (Å²) in [7, 11) is 1.57. The van der Waals surface area contributed by atoms with Gasteiger partial charge >= 0.3 is 0 Å². The molecule has 1 aromatic carbocycles. The predicted molar refractivity (Wildman–Crippen MR) is 101 cm³/mol. The average Bonchev–Trinajstić information content (AvgIpc) is 2.73. The average molecular weight is 368 g/mol. The molecule has 1 saturated heterocycles. The van der Waals surface area contributed by atoms with Gasteiger partial charge in [-0.1, -0.05) is 6.07 Å². The lowest BCUT2D eigenvalue weighted by Crippen LogP contribution is -2.45. The van der Waals surface area contributed by atoms with Gasteiger partial charge in [0.25, 0.3) is 0 Å². The molecule has 2 heterocycles. The summed E-state index contributed by atoms with van der Waals surface area (Å²) in [6.45, 7) is 0.946. The highest BCUT2D eigenvalue weighted by Gasteiger charge is 2.35. The first kappa shape index (κ1) is 19.0. The lowest BCUT2D eigenvalue weighted by molar-refractivity contribution is -0.135. The Morgan fingerprint density at radius 2 is 1.85 bits per heavy atom. The third-order valence-corrected chi connectivity index (χ3v) is 5.12. The number of amides is 1. The largest absolute Gasteiger partial charge is 0.497 e. The van der Waals surface area contributed by atoms with Gasteiger partial charge in [-0.05, 0) is 43.2 Å². The Balaban J connectivity index is 1.50. The van der Waals surface area contributed by atoms with Gasteiger partial charge in [0, 0.05) is 49.5 Å². The van der Waals surface area contributed by atoms with Crippen LogP contribution in [0.4, 0.5) is 0 Å². The minimum absolute atomic E-state index is 0.0508. The maximum atomic E-state index is 12.4. The quantitative estimate of drug-likeness (QED) is 0.793. The van der Waals surface area contributed by atoms with Gasteiger partial charge in [-0.2, -0.15) is 0 Å². The molecule has 0 spiro atoms. The number of pyridine rings is 1. The molecule has 0 saturated carbocycles. The highest BCUT2D eigenvalue weighted by atomic mass is 16.5. The van der Waals surface area contributed by atoms with Crippen molar-refractivity contribution >= 4 is 11.7 Å². The van der Waals surface area contributed by atoms with E-state index in [9.17, 15) is 14.7 Å². The normalized spacial score (nSPS) is 16.0. The smallest absolute Gasteiger partial charge is 0.223 e. The third kappa shape index (κ3) is 4.52. The first-order valence-corrected chi connectivity index (χ1v) is 9.10. The number of ketones is 1. The number of carbonyl (C=O) groups is 2. The zero-order valence-electron chi connectivity index (χ0n) is 15.4. The van der Waals surface area contributed by atoms with Crippen LogP contribution in [0, 0.1) is 0 Å². The van der Waals surface area contributed by atoms with Gasteiger partial charge in [0.2, 0.25) is 5.91 Å². The summed E-state index contributed by atoms with van der Waals surface area (Å²) in [5, 5.41) is 10.8. The van der Waals surface area contributed by atoms with Crippen molar-refractivity contribution in [2.45, 2.75) is 31.3 Å². The van der Waals surface area contributed by atoms with Crippen LogP contribution in [0.5, 0.6) is 5.75 Å². The summed E-state index contributed by atoms with van der Waals surface area (Å²) in [6.07, 6.45) is 4.63. The molecule has 3 rings (SSSR count). The van der Waals surface area contributed by atoms with Crippen LogP contribution in [0.25, 0.3) is 0 Å². The molecule has 0 atom stereocenters. The van der Waals surface area contributed by atoms with Crippen LogP contribution in [0.3, 0.4) is 0 Å². The number of carbonyl (C=O) groups excluding carboxylic acids is 2. The second-order valence-corrected chi connectivity index (χ2v) is 6.81. The first-order valence-electron chi connectivity index (χ1n) is 9.10. The Bertz CT molecular complexity index is 782. The number of ether oxygens (including phenoxy) is 1. The van der Waals surface area contributed by atoms with Gasteiger partial charge < -0.3 is 14.7 Å². The van der Waals surface area contributed by atoms with Crippen LogP contribution in [0.15, 0.2) is 48.8 Å². The highest BCUT2D eigenvalue weighted by molar-refractivity contribution is 5.98. The lowest BCUT2D eigenvalue weighted by Gasteiger charge is -2.38. The predicted octanol–water partition coefficient (Wildman–Crippen LogP) is 2.56. The van der Waals surface area contributed by atoms with E-state index >= 15 is 0 Å². The fraction of sp³-hybridized carbons (Fsp3) is 0.381. The minimum Gasteiger partial charge on any atom is -0.497 e. The van der Waals surface area contributed by atoms with Crippen molar-refractivity contribution in [1.82, 2.24) is 9.88 Å². The molecule has 0 radical (unpaired) electrons. The van der Waals surface area contributed by atoms with Crippen molar-refractivity contribution in [1.29, 1.82) is 0 Å². The fourth-order valence-corrected chi connectivity index (χ4v) is 3.35. The number of hydrogen-bond acceptors (Lipinski definition) is 5. The van der Waals surface area contributed by atoms with Gasteiger partial charge in [-0.15, -0.1) is 0 Å². The maximum Gasteiger partial charge on any atom is 0.223 e. The number of methoxy groups -OCH3 is 1. The Labute approximate surface area is 158 Å². The van der Waals surface area contributed by atoms with Crippen molar-refractivity contribution in [2.75, 3.05) is 20.2 Å². The van der Waals surface area contributed by atoms with Crippen molar-refractivity contribution in [2.24, 2.45) is 0 Å². The molecule has 6 nitrogen and oxygen atoms in total. The second kappa shape index (κ2) is 8.31. The van der Waals surface area contributed by atoms with E-state index in [-0.39, 0.29) is 24.5 Å². The van der Waals surface area contributed by atoms with Gasteiger partial charge in [0.15, 0.2) is 5.78 Å². The van der Waals surface area contributed by atoms with Crippen LogP contribution in [-0.2, 0) is 10.4 Å².